The first kappa shape index (κ1) is 27.3. The van der Waals surface area contributed by atoms with Gasteiger partial charge in [0.15, 0.2) is 0 Å². The maximum absolute atomic E-state index is 13.2. The van der Waals surface area contributed by atoms with Crippen LogP contribution >= 0.6 is 0 Å². The molecule has 1 atom stereocenters. The molecule has 1 fully saturated rings. The number of amides is 1. The highest BCUT2D eigenvalue weighted by molar-refractivity contribution is 5.86. The van der Waals surface area contributed by atoms with E-state index in [1.165, 1.54) is 19.3 Å². The Kier molecular flexibility index (Phi) is 8.78. The minimum Gasteiger partial charge on any atom is -0.460 e. The highest BCUT2D eigenvalue weighted by atomic mass is 16.6. The molecule has 1 aromatic heterocycles. The number of terminal acetylenes is 1. The third-order valence-electron chi connectivity index (χ3n) is 6.88. The molecule has 2 heterocycles. The van der Waals surface area contributed by atoms with E-state index in [2.05, 4.69) is 39.3 Å². The van der Waals surface area contributed by atoms with E-state index in [0.29, 0.717) is 19.3 Å². The third kappa shape index (κ3) is 7.19. The van der Waals surface area contributed by atoms with Gasteiger partial charge in [0.1, 0.15) is 5.60 Å². The molecule has 1 aliphatic heterocycles. The number of aromatic amines is 1. The van der Waals surface area contributed by atoms with E-state index in [1.807, 2.05) is 51.2 Å². The van der Waals surface area contributed by atoms with Gasteiger partial charge < -0.3 is 19.9 Å². The van der Waals surface area contributed by atoms with E-state index in [1.54, 1.807) is 0 Å². The molecule has 6 heteroatoms. The molecule has 38 heavy (non-hydrogen) atoms. The zero-order chi connectivity index (χ0) is 27.1. The number of esters is 1. The highest BCUT2D eigenvalue weighted by Gasteiger charge is 2.22. The van der Waals surface area contributed by atoms with Crippen LogP contribution in [0, 0.1) is 12.3 Å². The Morgan fingerprint density at radius 2 is 1.89 bits per heavy atom. The van der Waals surface area contributed by atoms with Crippen molar-refractivity contribution in [2.45, 2.75) is 77.4 Å². The van der Waals surface area contributed by atoms with Crippen molar-refractivity contribution in [3.63, 3.8) is 0 Å². The molecule has 1 amide bonds. The molecule has 1 aliphatic rings. The van der Waals surface area contributed by atoms with Crippen LogP contribution in [0.4, 0.5) is 5.69 Å². The van der Waals surface area contributed by atoms with Gasteiger partial charge >= 0.3 is 5.97 Å². The van der Waals surface area contributed by atoms with E-state index >= 15 is 0 Å². The number of H-pyrrole nitrogens is 1. The molecule has 0 spiro atoms. The molecule has 0 radical (unpaired) electrons. The predicted molar refractivity (Wildman–Crippen MR) is 153 cm³/mol. The standard InChI is InChI=1S/C32H39N3O3/c1-5-11-28(25-12-7-8-13-29(25)35-18-9-6-10-19-35)34-30(36)21-23-14-16-27-26(20-23)24(22-33-27)15-17-31(37)38-32(2,3)4/h1,7-8,12-14,16,20,22,28,33H,6,9-11,15,17-19,21H2,2-4H3,(H,34,36). The number of hydrogen-bond donors (Lipinski definition) is 2. The molecule has 0 bridgehead atoms. The van der Waals surface area contributed by atoms with Crippen LogP contribution in [0.1, 0.15) is 75.6 Å². The number of para-hydroxylation sites is 1. The lowest BCUT2D eigenvalue weighted by atomic mass is 9.98. The number of nitrogens with zero attached hydrogens (tertiary/aromatic N) is 1. The Hall–Kier alpha value is -3.72. The molecule has 1 unspecified atom stereocenters. The van der Waals surface area contributed by atoms with Crippen LogP contribution in [0.15, 0.2) is 48.7 Å². The second kappa shape index (κ2) is 12.2. The summed E-state index contributed by atoms with van der Waals surface area (Å²) in [6, 6.07) is 14.0. The Labute approximate surface area is 226 Å². The molecule has 2 aromatic carbocycles. The second-order valence-corrected chi connectivity index (χ2v) is 11.1. The van der Waals surface area contributed by atoms with E-state index in [4.69, 9.17) is 11.2 Å². The summed E-state index contributed by atoms with van der Waals surface area (Å²) in [5.74, 6) is 2.47. The fourth-order valence-corrected chi connectivity index (χ4v) is 5.16. The summed E-state index contributed by atoms with van der Waals surface area (Å²) in [5.41, 5.74) is 4.67. The summed E-state index contributed by atoms with van der Waals surface area (Å²) < 4.78 is 5.45. The van der Waals surface area contributed by atoms with Crippen LogP contribution in [0.25, 0.3) is 10.9 Å². The third-order valence-corrected chi connectivity index (χ3v) is 6.88. The van der Waals surface area contributed by atoms with Gasteiger partial charge in [-0.1, -0.05) is 24.3 Å². The van der Waals surface area contributed by atoms with Crippen molar-refractivity contribution < 1.29 is 14.3 Å². The molecular weight excluding hydrogens is 474 g/mol. The maximum Gasteiger partial charge on any atom is 0.306 e. The zero-order valence-electron chi connectivity index (χ0n) is 22.8. The molecule has 0 saturated carbocycles. The predicted octanol–water partition coefficient (Wildman–Crippen LogP) is 5.86. The average molecular weight is 514 g/mol. The van der Waals surface area contributed by atoms with Crippen molar-refractivity contribution in [1.82, 2.24) is 10.3 Å². The minimum absolute atomic E-state index is 0.0658. The van der Waals surface area contributed by atoms with Gasteiger partial charge in [0.2, 0.25) is 5.91 Å². The number of carbonyl (C=O) groups is 2. The first-order valence-corrected chi connectivity index (χ1v) is 13.6. The van der Waals surface area contributed by atoms with Crippen molar-refractivity contribution in [3.8, 4) is 12.3 Å². The maximum atomic E-state index is 13.2. The smallest absolute Gasteiger partial charge is 0.306 e. The molecule has 0 aliphatic carbocycles. The van der Waals surface area contributed by atoms with Gasteiger partial charge in [-0.15, -0.1) is 12.3 Å². The largest absolute Gasteiger partial charge is 0.460 e. The quantitative estimate of drug-likeness (QED) is 0.278. The number of benzene rings is 2. The van der Waals surface area contributed by atoms with E-state index in [9.17, 15) is 9.59 Å². The molecular formula is C32H39N3O3. The number of anilines is 1. The van der Waals surface area contributed by atoms with Crippen molar-refractivity contribution in [2.24, 2.45) is 0 Å². The Bertz CT molecular complexity index is 1310. The number of ether oxygens (including phenoxy) is 1. The van der Waals surface area contributed by atoms with Crippen LogP contribution in [0.5, 0.6) is 0 Å². The Morgan fingerprint density at radius 3 is 2.63 bits per heavy atom. The van der Waals surface area contributed by atoms with Crippen molar-refractivity contribution >= 4 is 28.5 Å². The lowest BCUT2D eigenvalue weighted by Gasteiger charge is -2.32. The fourth-order valence-electron chi connectivity index (χ4n) is 5.16. The van der Waals surface area contributed by atoms with Crippen molar-refractivity contribution in [3.05, 3.63) is 65.4 Å². The SMILES string of the molecule is C#CCC(NC(=O)Cc1ccc2[nH]cc(CCC(=O)OC(C)(C)C)c2c1)c1ccccc1N1CCCCC1. The summed E-state index contributed by atoms with van der Waals surface area (Å²) in [5, 5.41) is 4.23. The highest BCUT2D eigenvalue weighted by Crippen LogP contribution is 2.30. The van der Waals surface area contributed by atoms with Crippen LogP contribution in [0.3, 0.4) is 0 Å². The summed E-state index contributed by atoms with van der Waals surface area (Å²) in [6.07, 6.45) is 12.8. The van der Waals surface area contributed by atoms with Gasteiger partial charge in [-0.25, -0.2) is 0 Å². The van der Waals surface area contributed by atoms with Crippen LogP contribution in [0.2, 0.25) is 0 Å². The molecule has 2 N–H and O–H groups in total. The summed E-state index contributed by atoms with van der Waals surface area (Å²) in [7, 11) is 0. The van der Waals surface area contributed by atoms with Crippen LogP contribution < -0.4 is 10.2 Å². The lowest BCUT2D eigenvalue weighted by Crippen LogP contribution is -2.34. The number of rotatable bonds is 9. The van der Waals surface area contributed by atoms with Crippen molar-refractivity contribution in [1.29, 1.82) is 0 Å². The van der Waals surface area contributed by atoms with Gasteiger partial charge in [0.05, 0.1) is 12.5 Å². The summed E-state index contributed by atoms with van der Waals surface area (Å²) in [6.45, 7) is 7.67. The van der Waals surface area contributed by atoms with Gasteiger partial charge in [0.25, 0.3) is 0 Å². The molecule has 200 valence electrons. The second-order valence-electron chi connectivity index (χ2n) is 11.1. The number of piperidine rings is 1. The number of nitrogens with one attached hydrogen (secondary N) is 2. The van der Waals surface area contributed by atoms with Gasteiger partial charge in [-0.2, -0.15) is 0 Å². The number of carbonyl (C=O) groups excluding carboxylic acids is 2. The first-order valence-electron chi connectivity index (χ1n) is 13.6. The minimum atomic E-state index is -0.497. The van der Waals surface area contributed by atoms with E-state index < -0.39 is 5.60 Å². The van der Waals surface area contributed by atoms with Crippen molar-refractivity contribution in [2.75, 3.05) is 18.0 Å². The molecule has 4 rings (SSSR count). The normalized spacial score (nSPS) is 14.6. The zero-order valence-corrected chi connectivity index (χ0v) is 22.8. The van der Waals surface area contributed by atoms with Gasteiger partial charge in [0, 0.05) is 48.7 Å². The van der Waals surface area contributed by atoms with Crippen LogP contribution in [-0.2, 0) is 27.2 Å². The number of aryl methyl sites for hydroxylation is 1. The summed E-state index contributed by atoms with van der Waals surface area (Å²) in [4.78, 5) is 31.1. The average Bonchev–Trinajstić information content (AvgIpc) is 3.29. The Morgan fingerprint density at radius 1 is 1.13 bits per heavy atom. The molecule has 3 aromatic rings. The summed E-state index contributed by atoms with van der Waals surface area (Å²) >= 11 is 0. The number of fused-ring (bicyclic) bond motifs is 1. The molecule has 1 saturated heterocycles. The van der Waals surface area contributed by atoms with Gasteiger partial charge in [-0.05, 0) is 81.3 Å². The van der Waals surface area contributed by atoms with Gasteiger partial charge in [-0.3, -0.25) is 9.59 Å². The first-order chi connectivity index (χ1) is 18.2. The van der Waals surface area contributed by atoms with E-state index in [-0.39, 0.29) is 24.3 Å². The fraction of sp³-hybridized carbons (Fsp3) is 0.438. The number of aromatic nitrogens is 1. The monoisotopic (exact) mass is 513 g/mol. The van der Waals surface area contributed by atoms with E-state index in [0.717, 1.165) is 46.4 Å². The number of hydrogen-bond acceptors (Lipinski definition) is 4. The topological polar surface area (TPSA) is 74.4 Å². The van der Waals surface area contributed by atoms with Crippen LogP contribution in [-0.4, -0.2) is 35.6 Å². The Balaban J connectivity index is 1.45. The molecule has 6 nitrogen and oxygen atoms in total. The lowest BCUT2D eigenvalue weighted by molar-refractivity contribution is -0.154.